The fourth-order valence-electron chi connectivity index (χ4n) is 1.67. The number of hydrogen-bond donors (Lipinski definition) is 1. The summed E-state index contributed by atoms with van der Waals surface area (Å²) in [5.41, 5.74) is 0. The van der Waals surface area contributed by atoms with Crippen LogP contribution in [0.25, 0.3) is 0 Å². The van der Waals surface area contributed by atoms with Crippen molar-refractivity contribution in [2.24, 2.45) is 0 Å². The zero-order valence-electron chi connectivity index (χ0n) is 10.4. The van der Waals surface area contributed by atoms with Crippen molar-refractivity contribution in [3.05, 3.63) is 28.5 Å². The maximum absolute atomic E-state index is 12.9. The van der Waals surface area contributed by atoms with E-state index in [1.807, 2.05) is 13.8 Å². The van der Waals surface area contributed by atoms with Crippen LogP contribution >= 0.6 is 15.9 Å². The third kappa shape index (κ3) is 4.03. The van der Waals surface area contributed by atoms with Crippen LogP contribution in [0.1, 0.15) is 33.1 Å². The van der Waals surface area contributed by atoms with Gasteiger partial charge < -0.3 is 0 Å². The van der Waals surface area contributed by atoms with Gasteiger partial charge in [0.15, 0.2) is 0 Å². The molecule has 0 radical (unpaired) electrons. The van der Waals surface area contributed by atoms with E-state index >= 15 is 0 Å². The van der Waals surface area contributed by atoms with Crippen LogP contribution in [-0.4, -0.2) is 14.5 Å². The second-order valence-electron chi connectivity index (χ2n) is 4.09. The summed E-state index contributed by atoms with van der Waals surface area (Å²) in [5, 5.41) is 0. The van der Waals surface area contributed by atoms with Crippen LogP contribution in [-0.2, 0) is 10.0 Å². The number of hydrogen-bond acceptors (Lipinski definition) is 2. The summed E-state index contributed by atoms with van der Waals surface area (Å²) in [6.45, 7) is 3.94. The minimum atomic E-state index is -3.60. The molecule has 1 aromatic carbocycles. The summed E-state index contributed by atoms with van der Waals surface area (Å²) in [7, 11) is -3.60. The molecule has 6 heteroatoms. The first-order chi connectivity index (χ1) is 8.40. The van der Waals surface area contributed by atoms with Crippen LogP contribution < -0.4 is 4.72 Å². The van der Waals surface area contributed by atoms with Crippen LogP contribution in [0.3, 0.4) is 0 Å². The molecule has 1 N–H and O–H groups in total. The quantitative estimate of drug-likeness (QED) is 0.864. The van der Waals surface area contributed by atoms with E-state index in [1.54, 1.807) is 0 Å². The fraction of sp³-hybridized carbons (Fsp3) is 0.500. The van der Waals surface area contributed by atoms with Crippen LogP contribution in [0.15, 0.2) is 27.6 Å². The highest BCUT2D eigenvalue weighted by atomic mass is 79.9. The van der Waals surface area contributed by atoms with Crippen molar-refractivity contribution in [3.63, 3.8) is 0 Å². The van der Waals surface area contributed by atoms with Crippen molar-refractivity contribution in [2.75, 3.05) is 0 Å². The Morgan fingerprint density at radius 2 is 2.06 bits per heavy atom. The lowest BCUT2D eigenvalue weighted by atomic mass is 10.1. The maximum Gasteiger partial charge on any atom is 0.241 e. The van der Waals surface area contributed by atoms with E-state index in [2.05, 4.69) is 20.7 Å². The van der Waals surface area contributed by atoms with Crippen molar-refractivity contribution in [3.8, 4) is 0 Å². The lowest BCUT2D eigenvalue weighted by Gasteiger charge is -2.16. The van der Waals surface area contributed by atoms with Crippen molar-refractivity contribution in [2.45, 2.75) is 44.0 Å². The Balaban J connectivity index is 2.99. The Labute approximate surface area is 116 Å². The summed E-state index contributed by atoms with van der Waals surface area (Å²) in [5.74, 6) is -0.471. The molecule has 0 heterocycles. The lowest BCUT2D eigenvalue weighted by Crippen LogP contribution is -2.34. The average molecular weight is 338 g/mol. The first-order valence-electron chi connectivity index (χ1n) is 5.88. The van der Waals surface area contributed by atoms with Crippen LogP contribution in [0.5, 0.6) is 0 Å². The molecule has 102 valence electrons. The molecule has 0 aromatic heterocycles. The molecule has 0 amide bonds. The summed E-state index contributed by atoms with van der Waals surface area (Å²) >= 11 is 3.07. The van der Waals surface area contributed by atoms with Gasteiger partial charge in [-0.25, -0.2) is 17.5 Å². The predicted molar refractivity (Wildman–Crippen MR) is 73.4 cm³/mol. The summed E-state index contributed by atoms with van der Waals surface area (Å²) in [6.07, 6.45) is 2.42. The molecule has 1 atom stereocenters. The number of sulfonamides is 1. The molecular formula is C12H17BrFNO2S. The van der Waals surface area contributed by atoms with Gasteiger partial charge in [0, 0.05) is 10.5 Å². The number of benzene rings is 1. The Hall–Kier alpha value is -0.460. The van der Waals surface area contributed by atoms with Gasteiger partial charge in [-0.15, -0.1) is 0 Å². The fourth-order valence-corrected chi connectivity index (χ4v) is 4.07. The van der Waals surface area contributed by atoms with Crippen LogP contribution in [0.2, 0.25) is 0 Å². The number of nitrogens with one attached hydrogen (secondary N) is 1. The predicted octanol–water partition coefficient (Wildman–Crippen LogP) is 3.45. The second-order valence-corrected chi connectivity index (χ2v) is 6.63. The van der Waals surface area contributed by atoms with E-state index in [0.717, 1.165) is 31.4 Å². The third-order valence-corrected chi connectivity index (χ3v) is 5.13. The van der Waals surface area contributed by atoms with Gasteiger partial charge in [0.2, 0.25) is 10.0 Å². The molecular weight excluding hydrogens is 321 g/mol. The number of halogens is 2. The molecule has 0 saturated heterocycles. The van der Waals surface area contributed by atoms with Gasteiger partial charge in [-0.2, -0.15) is 0 Å². The molecule has 1 rings (SSSR count). The molecule has 0 aliphatic heterocycles. The summed E-state index contributed by atoms with van der Waals surface area (Å²) < 4.78 is 40.1. The minimum Gasteiger partial charge on any atom is -0.208 e. The molecule has 1 aromatic rings. The Bertz CT molecular complexity index is 505. The summed E-state index contributed by atoms with van der Waals surface area (Å²) in [6, 6.07) is 3.47. The van der Waals surface area contributed by atoms with E-state index in [-0.39, 0.29) is 15.4 Å². The number of rotatable bonds is 6. The normalized spacial score (nSPS) is 13.6. The molecule has 3 nitrogen and oxygen atoms in total. The highest BCUT2D eigenvalue weighted by molar-refractivity contribution is 9.10. The van der Waals surface area contributed by atoms with Crippen molar-refractivity contribution in [1.29, 1.82) is 0 Å². The first kappa shape index (κ1) is 15.6. The van der Waals surface area contributed by atoms with E-state index < -0.39 is 15.8 Å². The molecule has 0 spiro atoms. The molecule has 0 aliphatic carbocycles. The highest BCUT2D eigenvalue weighted by Crippen LogP contribution is 2.23. The first-order valence-corrected chi connectivity index (χ1v) is 8.15. The molecule has 0 saturated carbocycles. The van der Waals surface area contributed by atoms with Gasteiger partial charge in [0.1, 0.15) is 5.82 Å². The second kappa shape index (κ2) is 6.63. The zero-order chi connectivity index (χ0) is 13.8. The SMILES string of the molecule is CCCC(CC)NS(=O)(=O)c1ccc(F)cc1Br. The largest absolute Gasteiger partial charge is 0.241 e. The molecule has 0 fully saturated rings. The van der Waals surface area contributed by atoms with Crippen molar-refractivity contribution in [1.82, 2.24) is 4.72 Å². The van der Waals surface area contributed by atoms with Crippen molar-refractivity contribution >= 4 is 26.0 Å². The van der Waals surface area contributed by atoms with E-state index in [4.69, 9.17) is 0 Å². The highest BCUT2D eigenvalue weighted by Gasteiger charge is 2.21. The van der Waals surface area contributed by atoms with Gasteiger partial charge >= 0.3 is 0 Å². The monoisotopic (exact) mass is 337 g/mol. The van der Waals surface area contributed by atoms with Gasteiger partial charge in [-0.3, -0.25) is 0 Å². The van der Waals surface area contributed by atoms with Crippen molar-refractivity contribution < 1.29 is 12.8 Å². The zero-order valence-corrected chi connectivity index (χ0v) is 12.8. The Kier molecular flexibility index (Phi) is 5.75. The van der Waals surface area contributed by atoms with Crippen LogP contribution in [0.4, 0.5) is 4.39 Å². The molecule has 18 heavy (non-hydrogen) atoms. The van der Waals surface area contributed by atoms with Gasteiger partial charge in [0.05, 0.1) is 4.90 Å². The Morgan fingerprint density at radius 3 is 2.56 bits per heavy atom. The minimum absolute atomic E-state index is 0.0680. The average Bonchev–Trinajstić information content (AvgIpc) is 2.27. The molecule has 0 aliphatic rings. The van der Waals surface area contributed by atoms with E-state index in [9.17, 15) is 12.8 Å². The smallest absolute Gasteiger partial charge is 0.208 e. The van der Waals surface area contributed by atoms with Crippen LogP contribution in [0, 0.1) is 5.82 Å². The van der Waals surface area contributed by atoms with Gasteiger partial charge in [0.25, 0.3) is 0 Å². The lowest BCUT2D eigenvalue weighted by molar-refractivity contribution is 0.512. The summed E-state index contributed by atoms with van der Waals surface area (Å²) in [4.78, 5) is 0.0680. The van der Waals surface area contributed by atoms with Gasteiger partial charge in [-0.1, -0.05) is 20.3 Å². The van der Waals surface area contributed by atoms with Gasteiger partial charge in [-0.05, 0) is 47.0 Å². The molecule has 1 unspecified atom stereocenters. The standard InChI is InChI=1S/C12H17BrFNO2S/c1-3-5-10(4-2)15-18(16,17)12-7-6-9(14)8-11(12)13/h6-8,10,15H,3-5H2,1-2H3. The maximum atomic E-state index is 12.9. The molecule has 0 bridgehead atoms. The van der Waals surface area contributed by atoms with E-state index in [1.165, 1.54) is 6.07 Å². The van der Waals surface area contributed by atoms with E-state index in [0.29, 0.717) is 0 Å². The topological polar surface area (TPSA) is 46.2 Å². The third-order valence-electron chi connectivity index (χ3n) is 2.64. The Morgan fingerprint density at radius 1 is 1.39 bits per heavy atom.